The normalized spacial score (nSPS) is 10.2. The molecule has 0 bridgehead atoms. The number of amides is 1. The Morgan fingerprint density at radius 3 is 2.58 bits per heavy atom. The number of anilines is 3. The summed E-state index contributed by atoms with van der Waals surface area (Å²) in [6.45, 7) is 0. The van der Waals surface area contributed by atoms with Crippen molar-refractivity contribution in [2.75, 3.05) is 11.1 Å². The Balaban J connectivity index is 2.33. The summed E-state index contributed by atoms with van der Waals surface area (Å²) in [7, 11) is 0. The van der Waals surface area contributed by atoms with Crippen LogP contribution in [0.15, 0.2) is 40.9 Å². The monoisotopic (exact) mass is 339 g/mol. The zero-order chi connectivity index (χ0) is 14.0. The molecule has 0 aliphatic rings. The van der Waals surface area contributed by atoms with Crippen LogP contribution in [0.1, 0.15) is 10.4 Å². The lowest BCUT2D eigenvalue weighted by Gasteiger charge is -2.10. The molecule has 2 rings (SSSR count). The molecule has 0 aliphatic heterocycles. The summed E-state index contributed by atoms with van der Waals surface area (Å²) in [6.07, 6.45) is 0. The van der Waals surface area contributed by atoms with E-state index >= 15 is 0 Å². The maximum atomic E-state index is 11.2. The van der Waals surface area contributed by atoms with Crippen LogP contribution < -0.4 is 16.8 Å². The second-order valence-electron chi connectivity index (χ2n) is 3.92. The molecule has 0 saturated carbocycles. The first-order valence-corrected chi connectivity index (χ1v) is 6.56. The van der Waals surface area contributed by atoms with Crippen LogP contribution in [0.25, 0.3) is 0 Å². The third-order valence-electron chi connectivity index (χ3n) is 2.53. The van der Waals surface area contributed by atoms with Gasteiger partial charge in [-0.15, -0.1) is 0 Å². The van der Waals surface area contributed by atoms with Crippen LogP contribution in [-0.2, 0) is 0 Å². The minimum absolute atomic E-state index is 0.276. The molecular formula is C13H11BrClN3O. The van der Waals surface area contributed by atoms with Gasteiger partial charge in [-0.2, -0.15) is 0 Å². The Kier molecular flexibility index (Phi) is 3.97. The number of carbonyl (C=O) groups is 1. The highest BCUT2D eigenvalue weighted by atomic mass is 79.9. The van der Waals surface area contributed by atoms with Gasteiger partial charge in [0.05, 0.1) is 16.3 Å². The fourth-order valence-electron chi connectivity index (χ4n) is 1.59. The number of nitrogen functional groups attached to an aromatic ring is 1. The van der Waals surface area contributed by atoms with Gasteiger partial charge in [0.1, 0.15) is 0 Å². The van der Waals surface area contributed by atoms with E-state index in [9.17, 15) is 4.79 Å². The topological polar surface area (TPSA) is 81.1 Å². The molecule has 2 aromatic rings. The Labute approximate surface area is 123 Å². The van der Waals surface area contributed by atoms with Crippen molar-refractivity contribution in [3.05, 3.63) is 51.5 Å². The van der Waals surface area contributed by atoms with E-state index in [1.54, 1.807) is 24.3 Å². The number of rotatable bonds is 3. The Morgan fingerprint density at radius 2 is 1.95 bits per heavy atom. The SMILES string of the molecule is NC(=O)c1cc(Nc2ccc(Br)cc2Cl)ccc1N. The molecule has 0 aliphatic carbocycles. The Morgan fingerprint density at radius 1 is 1.21 bits per heavy atom. The molecular weight excluding hydrogens is 330 g/mol. The summed E-state index contributed by atoms with van der Waals surface area (Å²) in [4.78, 5) is 11.2. The summed E-state index contributed by atoms with van der Waals surface area (Å²) in [6, 6.07) is 10.4. The molecule has 5 N–H and O–H groups in total. The van der Waals surface area contributed by atoms with Gasteiger partial charge < -0.3 is 16.8 Å². The van der Waals surface area contributed by atoms with Gasteiger partial charge in [-0.1, -0.05) is 27.5 Å². The van der Waals surface area contributed by atoms with Gasteiger partial charge in [-0.05, 0) is 36.4 Å². The molecule has 0 saturated heterocycles. The Bertz CT molecular complexity index is 646. The maximum absolute atomic E-state index is 11.2. The summed E-state index contributed by atoms with van der Waals surface area (Å²) in [5.74, 6) is -0.567. The molecule has 0 aromatic heterocycles. The number of benzene rings is 2. The van der Waals surface area contributed by atoms with Crippen molar-refractivity contribution >= 4 is 50.5 Å². The third kappa shape index (κ3) is 3.19. The standard InChI is InChI=1S/C13H11BrClN3O/c14-7-1-4-12(10(15)5-7)18-8-2-3-11(16)9(6-8)13(17)19/h1-6,18H,16H2,(H2,17,19). The van der Waals surface area contributed by atoms with E-state index in [-0.39, 0.29) is 5.56 Å². The second-order valence-corrected chi connectivity index (χ2v) is 5.24. The van der Waals surface area contributed by atoms with E-state index in [2.05, 4.69) is 21.2 Å². The first-order chi connectivity index (χ1) is 8.97. The summed E-state index contributed by atoms with van der Waals surface area (Å²) >= 11 is 9.44. The van der Waals surface area contributed by atoms with Crippen molar-refractivity contribution in [1.82, 2.24) is 0 Å². The molecule has 1 amide bonds. The maximum Gasteiger partial charge on any atom is 0.250 e. The van der Waals surface area contributed by atoms with Gasteiger partial charge in [0, 0.05) is 15.8 Å². The number of nitrogens with two attached hydrogens (primary N) is 2. The molecule has 0 radical (unpaired) electrons. The third-order valence-corrected chi connectivity index (χ3v) is 3.33. The lowest BCUT2D eigenvalue weighted by molar-refractivity contribution is 0.100. The molecule has 0 fully saturated rings. The number of nitrogens with one attached hydrogen (secondary N) is 1. The largest absolute Gasteiger partial charge is 0.398 e. The van der Waals surface area contributed by atoms with Crippen LogP contribution in [0.3, 0.4) is 0 Å². The van der Waals surface area contributed by atoms with E-state index in [0.29, 0.717) is 16.4 Å². The van der Waals surface area contributed by atoms with E-state index < -0.39 is 5.91 Å². The average Bonchev–Trinajstić information content (AvgIpc) is 2.34. The van der Waals surface area contributed by atoms with Gasteiger partial charge in [-0.25, -0.2) is 0 Å². The molecule has 6 heteroatoms. The van der Waals surface area contributed by atoms with Crippen molar-refractivity contribution in [1.29, 1.82) is 0 Å². The van der Waals surface area contributed by atoms with Crippen LogP contribution >= 0.6 is 27.5 Å². The fourth-order valence-corrected chi connectivity index (χ4v) is 2.31. The van der Waals surface area contributed by atoms with Crippen LogP contribution in [0, 0.1) is 0 Å². The number of halogens is 2. The minimum Gasteiger partial charge on any atom is -0.398 e. The van der Waals surface area contributed by atoms with E-state index in [1.807, 2.05) is 12.1 Å². The van der Waals surface area contributed by atoms with Gasteiger partial charge in [0.15, 0.2) is 0 Å². The van der Waals surface area contributed by atoms with Gasteiger partial charge in [0.2, 0.25) is 0 Å². The zero-order valence-corrected chi connectivity index (χ0v) is 12.1. The van der Waals surface area contributed by atoms with E-state index in [1.165, 1.54) is 0 Å². The molecule has 2 aromatic carbocycles. The average molecular weight is 341 g/mol. The van der Waals surface area contributed by atoms with Crippen LogP contribution in [-0.4, -0.2) is 5.91 Å². The van der Waals surface area contributed by atoms with Gasteiger partial charge in [-0.3, -0.25) is 4.79 Å². The number of hydrogen-bond donors (Lipinski definition) is 3. The van der Waals surface area contributed by atoms with Crippen molar-refractivity contribution in [2.45, 2.75) is 0 Å². The predicted molar refractivity (Wildman–Crippen MR) is 81.8 cm³/mol. The highest BCUT2D eigenvalue weighted by Gasteiger charge is 2.08. The predicted octanol–water partition coefficient (Wildman–Crippen LogP) is 3.53. The highest BCUT2D eigenvalue weighted by Crippen LogP contribution is 2.29. The van der Waals surface area contributed by atoms with Crippen LogP contribution in [0.4, 0.5) is 17.1 Å². The van der Waals surface area contributed by atoms with Crippen molar-refractivity contribution in [3.63, 3.8) is 0 Å². The first-order valence-electron chi connectivity index (χ1n) is 5.39. The zero-order valence-electron chi connectivity index (χ0n) is 9.78. The van der Waals surface area contributed by atoms with Crippen molar-refractivity contribution in [2.24, 2.45) is 5.73 Å². The Hall–Kier alpha value is -1.72. The summed E-state index contributed by atoms with van der Waals surface area (Å²) < 4.78 is 0.887. The van der Waals surface area contributed by atoms with Crippen LogP contribution in [0.2, 0.25) is 5.02 Å². The molecule has 98 valence electrons. The number of hydrogen-bond acceptors (Lipinski definition) is 3. The molecule has 0 heterocycles. The van der Waals surface area contributed by atoms with Crippen molar-refractivity contribution in [3.8, 4) is 0 Å². The molecule has 0 spiro atoms. The number of primary amides is 1. The first kappa shape index (κ1) is 13.7. The van der Waals surface area contributed by atoms with Crippen molar-refractivity contribution < 1.29 is 4.79 Å². The second kappa shape index (κ2) is 5.50. The smallest absolute Gasteiger partial charge is 0.250 e. The molecule has 0 atom stereocenters. The van der Waals surface area contributed by atoms with Gasteiger partial charge in [0.25, 0.3) is 5.91 Å². The highest BCUT2D eigenvalue weighted by molar-refractivity contribution is 9.10. The summed E-state index contributed by atoms with van der Waals surface area (Å²) in [5, 5.41) is 3.67. The van der Waals surface area contributed by atoms with Gasteiger partial charge >= 0.3 is 0 Å². The number of carbonyl (C=O) groups excluding carboxylic acids is 1. The summed E-state index contributed by atoms with van der Waals surface area (Å²) in [5.41, 5.74) is 13.0. The quantitative estimate of drug-likeness (QED) is 0.748. The molecule has 4 nitrogen and oxygen atoms in total. The lowest BCUT2D eigenvalue weighted by Crippen LogP contribution is -2.13. The van der Waals surface area contributed by atoms with E-state index in [0.717, 1.165) is 10.2 Å². The molecule has 0 unspecified atom stereocenters. The minimum atomic E-state index is -0.567. The fraction of sp³-hybridized carbons (Fsp3) is 0. The molecule has 19 heavy (non-hydrogen) atoms. The van der Waals surface area contributed by atoms with Crippen LogP contribution in [0.5, 0.6) is 0 Å². The van der Waals surface area contributed by atoms with E-state index in [4.69, 9.17) is 23.1 Å². The lowest BCUT2D eigenvalue weighted by atomic mass is 10.1.